The quantitative estimate of drug-likeness (QED) is 0.511. The van der Waals surface area contributed by atoms with E-state index in [-0.39, 0.29) is 11.9 Å². The summed E-state index contributed by atoms with van der Waals surface area (Å²) in [7, 11) is 4.63. The average Bonchev–Trinajstić information content (AvgIpc) is 2.54. The van der Waals surface area contributed by atoms with Crippen LogP contribution >= 0.6 is 15.9 Å². The lowest BCUT2D eigenvalue weighted by atomic mass is 9.68. The van der Waals surface area contributed by atoms with E-state index >= 15 is 0 Å². The molecule has 124 valence electrons. The Kier molecular flexibility index (Phi) is 7.20. The van der Waals surface area contributed by atoms with Crippen molar-refractivity contribution in [3.05, 3.63) is 23.8 Å². The number of esters is 1. The van der Waals surface area contributed by atoms with Crippen molar-refractivity contribution < 1.29 is 19.0 Å². The van der Waals surface area contributed by atoms with Crippen LogP contribution in [0.15, 0.2) is 18.2 Å². The minimum Gasteiger partial charge on any atom is -0.493 e. The highest BCUT2D eigenvalue weighted by molar-refractivity contribution is 9.09. The Balaban J connectivity index is 3.45. The van der Waals surface area contributed by atoms with Crippen LogP contribution in [-0.2, 0) is 14.9 Å². The molecule has 1 unspecified atom stereocenters. The maximum absolute atomic E-state index is 12.6. The first-order valence-electron chi connectivity index (χ1n) is 7.34. The van der Waals surface area contributed by atoms with Gasteiger partial charge < -0.3 is 14.2 Å². The van der Waals surface area contributed by atoms with Crippen LogP contribution in [0.25, 0.3) is 0 Å². The molecule has 0 aliphatic rings. The summed E-state index contributed by atoms with van der Waals surface area (Å²) in [5.74, 6) is 1.15. The van der Waals surface area contributed by atoms with Crippen molar-refractivity contribution in [1.82, 2.24) is 0 Å². The molecule has 1 aromatic rings. The highest BCUT2D eigenvalue weighted by atomic mass is 79.9. The van der Waals surface area contributed by atoms with E-state index in [1.807, 2.05) is 32.0 Å². The van der Waals surface area contributed by atoms with E-state index in [1.54, 1.807) is 14.2 Å². The van der Waals surface area contributed by atoms with Gasteiger partial charge in [0.05, 0.1) is 26.7 Å². The fourth-order valence-corrected chi connectivity index (χ4v) is 3.14. The van der Waals surface area contributed by atoms with E-state index in [0.717, 1.165) is 17.3 Å². The van der Waals surface area contributed by atoms with Gasteiger partial charge in [-0.05, 0) is 36.5 Å². The van der Waals surface area contributed by atoms with Crippen molar-refractivity contribution in [3.63, 3.8) is 0 Å². The molecule has 0 aliphatic heterocycles. The second kappa shape index (κ2) is 8.42. The van der Waals surface area contributed by atoms with Gasteiger partial charge in [-0.25, -0.2) is 0 Å². The lowest BCUT2D eigenvalue weighted by molar-refractivity contribution is -0.150. The van der Waals surface area contributed by atoms with Gasteiger partial charge in [0.2, 0.25) is 0 Å². The van der Waals surface area contributed by atoms with Gasteiger partial charge in [0.15, 0.2) is 11.5 Å². The number of carbonyl (C=O) groups is 1. The Morgan fingerprint density at radius 3 is 2.27 bits per heavy atom. The van der Waals surface area contributed by atoms with Crippen molar-refractivity contribution >= 4 is 21.9 Å². The van der Waals surface area contributed by atoms with Crippen molar-refractivity contribution in [2.75, 3.05) is 26.7 Å². The van der Waals surface area contributed by atoms with E-state index < -0.39 is 5.41 Å². The van der Waals surface area contributed by atoms with Gasteiger partial charge in [-0.3, -0.25) is 4.79 Å². The van der Waals surface area contributed by atoms with Crippen LogP contribution in [0.1, 0.15) is 32.3 Å². The van der Waals surface area contributed by atoms with Crippen molar-refractivity contribution in [1.29, 1.82) is 0 Å². The third kappa shape index (κ3) is 3.57. The molecule has 0 saturated heterocycles. The van der Waals surface area contributed by atoms with Gasteiger partial charge >= 0.3 is 5.97 Å². The molecule has 0 aromatic heterocycles. The number of benzene rings is 1. The molecule has 0 fully saturated rings. The Hall–Kier alpha value is -1.23. The molecule has 0 N–H and O–H groups in total. The fraction of sp³-hybridized carbons (Fsp3) is 0.588. The van der Waals surface area contributed by atoms with Gasteiger partial charge in [0, 0.05) is 5.33 Å². The molecule has 0 amide bonds. The first-order chi connectivity index (χ1) is 10.5. The minimum atomic E-state index is -0.692. The topological polar surface area (TPSA) is 44.8 Å². The molecule has 0 heterocycles. The summed E-state index contributed by atoms with van der Waals surface area (Å²) in [4.78, 5) is 12.6. The predicted molar refractivity (Wildman–Crippen MR) is 91.1 cm³/mol. The molecule has 0 radical (unpaired) electrons. The van der Waals surface area contributed by atoms with Crippen molar-refractivity contribution in [3.8, 4) is 11.5 Å². The number of hydrogen-bond donors (Lipinski definition) is 0. The third-order valence-electron chi connectivity index (χ3n) is 4.14. The molecule has 22 heavy (non-hydrogen) atoms. The van der Waals surface area contributed by atoms with Crippen molar-refractivity contribution in [2.24, 2.45) is 5.92 Å². The monoisotopic (exact) mass is 372 g/mol. The highest BCUT2D eigenvalue weighted by Crippen LogP contribution is 2.41. The molecular formula is C17H25BrO4. The van der Waals surface area contributed by atoms with Crippen LogP contribution in [-0.4, -0.2) is 32.6 Å². The van der Waals surface area contributed by atoms with Crippen LogP contribution in [0.4, 0.5) is 0 Å². The summed E-state index contributed by atoms with van der Waals surface area (Å²) in [6.07, 6.45) is 1.58. The first kappa shape index (κ1) is 18.8. The Morgan fingerprint density at radius 1 is 1.18 bits per heavy atom. The van der Waals surface area contributed by atoms with Crippen LogP contribution in [0, 0.1) is 5.92 Å². The minimum absolute atomic E-state index is 0.0945. The number of halogens is 1. The Morgan fingerprint density at radius 2 is 1.82 bits per heavy atom. The zero-order valence-electron chi connectivity index (χ0n) is 13.9. The first-order valence-corrected chi connectivity index (χ1v) is 8.46. The summed E-state index contributed by atoms with van der Waals surface area (Å²) in [6.45, 7) is 4.09. The third-order valence-corrected chi connectivity index (χ3v) is 4.70. The molecule has 1 rings (SSSR count). The zero-order chi connectivity index (χ0) is 16.8. The number of alkyl halides is 1. The molecule has 0 spiro atoms. The number of rotatable bonds is 8. The van der Waals surface area contributed by atoms with Crippen LogP contribution in [0.2, 0.25) is 0 Å². The molecule has 0 bridgehead atoms. The SMILES string of the molecule is COC(=O)C(CCCBr)(c1ccc(OC)c(OC)c1)C(C)C. The van der Waals surface area contributed by atoms with Crippen LogP contribution in [0.3, 0.4) is 0 Å². The predicted octanol–water partition coefficient (Wildman–Crippen LogP) is 3.95. The van der Waals surface area contributed by atoms with E-state index in [4.69, 9.17) is 14.2 Å². The molecular weight excluding hydrogens is 348 g/mol. The maximum atomic E-state index is 12.6. The van der Waals surface area contributed by atoms with Crippen LogP contribution < -0.4 is 9.47 Å². The number of methoxy groups -OCH3 is 3. The maximum Gasteiger partial charge on any atom is 0.316 e. The fourth-order valence-electron chi connectivity index (χ4n) is 2.86. The summed E-state index contributed by atoms with van der Waals surface area (Å²) in [5, 5.41) is 0.839. The van der Waals surface area contributed by atoms with Gasteiger partial charge in [-0.2, -0.15) is 0 Å². The van der Waals surface area contributed by atoms with Gasteiger partial charge in [-0.15, -0.1) is 0 Å². The zero-order valence-corrected chi connectivity index (χ0v) is 15.5. The van der Waals surface area contributed by atoms with Crippen molar-refractivity contribution in [2.45, 2.75) is 32.1 Å². The molecule has 1 aromatic carbocycles. The lowest BCUT2D eigenvalue weighted by Crippen LogP contribution is -2.42. The Labute approximate surface area is 141 Å². The van der Waals surface area contributed by atoms with E-state index in [0.29, 0.717) is 17.9 Å². The average molecular weight is 373 g/mol. The normalized spacial score (nSPS) is 13.6. The van der Waals surface area contributed by atoms with E-state index in [1.165, 1.54) is 7.11 Å². The largest absolute Gasteiger partial charge is 0.493 e. The van der Waals surface area contributed by atoms with E-state index in [9.17, 15) is 4.79 Å². The molecule has 4 nitrogen and oxygen atoms in total. The number of hydrogen-bond acceptors (Lipinski definition) is 4. The summed E-state index contributed by atoms with van der Waals surface area (Å²) < 4.78 is 15.8. The second-order valence-electron chi connectivity index (χ2n) is 5.48. The second-order valence-corrected chi connectivity index (χ2v) is 6.27. The van der Waals surface area contributed by atoms with E-state index in [2.05, 4.69) is 15.9 Å². The number of carbonyl (C=O) groups excluding carboxylic acids is 1. The highest BCUT2D eigenvalue weighted by Gasteiger charge is 2.44. The number of ether oxygens (including phenoxy) is 3. The summed E-state index contributed by atoms with van der Waals surface area (Å²) in [6, 6.07) is 5.64. The standard InChI is InChI=1S/C17H25BrO4/c1-12(2)17(9-6-10-18,16(19)22-5)13-7-8-14(20-3)15(11-13)21-4/h7-8,11-12H,6,9-10H2,1-5H3. The molecule has 1 atom stereocenters. The van der Waals surface area contributed by atoms with Gasteiger partial charge in [0.25, 0.3) is 0 Å². The van der Waals surface area contributed by atoms with Gasteiger partial charge in [-0.1, -0.05) is 35.8 Å². The lowest BCUT2D eigenvalue weighted by Gasteiger charge is -2.35. The molecule has 0 aliphatic carbocycles. The van der Waals surface area contributed by atoms with Crippen LogP contribution in [0.5, 0.6) is 11.5 Å². The molecule has 5 heteroatoms. The Bertz CT molecular complexity index is 501. The molecule has 0 saturated carbocycles. The van der Waals surface area contributed by atoms with Gasteiger partial charge in [0.1, 0.15) is 0 Å². The summed E-state index contributed by atoms with van der Waals surface area (Å²) in [5.41, 5.74) is 0.204. The summed E-state index contributed by atoms with van der Waals surface area (Å²) >= 11 is 3.45. The smallest absolute Gasteiger partial charge is 0.316 e.